The summed E-state index contributed by atoms with van der Waals surface area (Å²) in [6.45, 7) is 0. The molecule has 10 heteroatoms. The number of hydrogen-bond acceptors (Lipinski definition) is 4. The van der Waals surface area contributed by atoms with Gasteiger partial charge in [0, 0.05) is 17.7 Å². The van der Waals surface area contributed by atoms with Gasteiger partial charge in [0.1, 0.15) is 10.7 Å². The number of halogens is 2. The Bertz CT molecular complexity index is 819. The fraction of sp³-hybridized carbons (Fsp3) is 0.0909. The average Bonchev–Trinajstić information content (AvgIpc) is 2.73. The van der Waals surface area contributed by atoms with Gasteiger partial charge in [0.15, 0.2) is 5.82 Å². The van der Waals surface area contributed by atoms with Crippen molar-refractivity contribution in [3.63, 3.8) is 0 Å². The number of primary sulfonamides is 1. The first-order valence-electron chi connectivity index (χ1n) is 5.51. The van der Waals surface area contributed by atoms with Crippen LogP contribution < -0.4 is 10.5 Å². The lowest BCUT2D eigenvalue weighted by Gasteiger charge is -2.06. The van der Waals surface area contributed by atoms with Gasteiger partial charge in [-0.2, -0.15) is 5.10 Å². The van der Waals surface area contributed by atoms with E-state index in [-0.39, 0.29) is 16.3 Å². The van der Waals surface area contributed by atoms with Gasteiger partial charge < -0.3 is 5.32 Å². The number of nitrogens with two attached hydrogens (primary N) is 1. The molecule has 3 N–H and O–H groups in total. The Balaban J connectivity index is 2.39. The fourth-order valence-corrected chi connectivity index (χ4v) is 2.70. The topological polar surface area (TPSA) is 107 Å². The molecule has 1 aromatic heterocycles. The Kier molecular flexibility index (Phi) is 4.12. The van der Waals surface area contributed by atoms with Gasteiger partial charge in [-0.3, -0.25) is 9.48 Å². The zero-order valence-corrected chi connectivity index (χ0v) is 13.1. The van der Waals surface area contributed by atoms with E-state index in [4.69, 9.17) is 5.14 Å². The van der Waals surface area contributed by atoms with Crippen molar-refractivity contribution in [3.05, 3.63) is 40.2 Å². The monoisotopic (exact) mass is 376 g/mol. The molecule has 0 unspecified atom stereocenters. The highest BCUT2D eigenvalue weighted by atomic mass is 79.9. The molecule has 0 bridgehead atoms. The number of rotatable bonds is 3. The van der Waals surface area contributed by atoms with Crippen LogP contribution in [0.15, 0.2) is 33.8 Å². The molecule has 0 spiro atoms. The van der Waals surface area contributed by atoms with Crippen LogP contribution in [0.1, 0.15) is 10.4 Å². The van der Waals surface area contributed by atoms with E-state index in [1.807, 2.05) is 0 Å². The van der Waals surface area contributed by atoms with Crippen molar-refractivity contribution in [1.29, 1.82) is 0 Å². The first-order valence-corrected chi connectivity index (χ1v) is 7.85. The van der Waals surface area contributed by atoms with Gasteiger partial charge in [-0.05, 0) is 34.1 Å². The fourth-order valence-electron chi connectivity index (χ4n) is 1.61. The molecule has 112 valence electrons. The van der Waals surface area contributed by atoms with Gasteiger partial charge >= 0.3 is 0 Å². The molecular formula is C11H10BrFN4O3S. The molecule has 2 aromatic rings. The van der Waals surface area contributed by atoms with Crippen LogP contribution >= 0.6 is 15.9 Å². The smallest absolute Gasteiger partial charge is 0.258 e. The normalized spacial score (nSPS) is 11.4. The summed E-state index contributed by atoms with van der Waals surface area (Å²) in [6.07, 6.45) is 1.16. The quantitative estimate of drug-likeness (QED) is 0.839. The number of amides is 1. The molecule has 1 heterocycles. The molecule has 0 saturated carbocycles. The van der Waals surface area contributed by atoms with Crippen LogP contribution in [0.2, 0.25) is 0 Å². The lowest BCUT2D eigenvalue weighted by molar-refractivity contribution is 0.102. The predicted molar refractivity (Wildman–Crippen MR) is 76.6 cm³/mol. The maximum atomic E-state index is 13.2. The maximum absolute atomic E-state index is 13.2. The van der Waals surface area contributed by atoms with Gasteiger partial charge in [-0.1, -0.05) is 0 Å². The minimum atomic E-state index is -4.04. The van der Waals surface area contributed by atoms with Crippen LogP contribution in [0.5, 0.6) is 0 Å². The van der Waals surface area contributed by atoms with Crippen molar-refractivity contribution < 1.29 is 17.6 Å². The summed E-state index contributed by atoms with van der Waals surface area (Å²) in [5, 5.41) is 11.1. The SMILES string of the molecule is Cn1cc(S(N)(=O)=O)c(NC(=O)c2cc(F)ccc2Br)n1. The third-order valence-corrected chi connectivity index (χ3v) is 4.11. The van der Waals surface area contributed by atoms with E-state index < -0.39 is 21.7 Å². The van der Waals surface area contributed by atoms with Gasteiger partial charge in [-0.25, -0.2) is 17.9 Å². The number of hydrogen-bond donors (Lipinski definition) is 2. The summed E-state index contributed by atoms with van der Waals surface area (Å²) < 4.78 is 37.5. The van der Waals surface area contributed by atoms with E-state index in [9.17, 15) is 17.6 Å². The number of nitrogens with zero attached hydrogens (tertiary/aromatic N) is 2. The maximum Gasteiger partial charge on any atom is 0.258 e. The number of benzene rings is 1. The highest BCUT2D eigenvalue weighted by Gasteiger charge is 2.21. The zero-order chi connectivity index (χ0) is 15.8. The zero-order valence-electron chi connectivity index (χ0n) is 10.7. The minimum Gasteiger partial charge on any atom is -0.304 e. The summed E-state index contributed by atoms with van der Waals surface area (Å²) in [5.41, 5.74) is 0.000947. The number of carbonyl (C=O) groups excluding carboxylic acids is 1. The molecule has 0 fully saturated rings. The number of aromatic nitrogens is 2. The first-order chi connectivity index (χ1) is 9.68. The first kappa shape index (κ1) is 15.6. The minimum absolute atomic E-state index is 0.000947. The Labute approximate surface area is 128 Å². The molecule has 7 nitrogen and oxygen atoms in total. The summed E-state index contributed by atoms with van der Waals surface area (Å²) in [5.74, 6) is -1.54. The van der Waals surface area contributed by atoms with Crippen LogP contribution in [0.4, 0.5) is 10.2 Å². The van der Waals surface area contributed by atoms with Crippen LogP contribution in [0, 0.1) is 5.82 Å². The van der Waals surface area contributed by atoms with Gasteiger partial charge in [0.05, 0.1) is 5.56 Å². The third-order valence-electron chi connectivity index (χ3n) is 2.51. The van der Waals surface area contributed by atoms with E-state index >= 15 is 0 Å². The van der Waals surface area contributed by atoms with Crippen molar-refractivity contribution in [2.24, 2.45) is 12.2 Å². The molecule has 2 rings (SSSR count). The lowest BCUT2D eigenvalue weighted by Crippen LogP contribution is -2.18. The van der Waals surface area contributed by atoms with Crippen molar-refractivity contribution in [3.8, 4) is 0 Å². The number of aryl methyl sites for hydroxylation is 1. The van der Waals surface area contributed by atoms with Gasteiger partial charge in [0.25, 0.3) is 5.91 Å². The molecule has 0 radical (unpaired) electrons. The third kappa shape index (κ3) is 3.46. The highest BCUT2D eigenvalue weighted by Crippen LogP contribution is 2.22. The summed E-state index contributed by atoms with van der Waals surface area (Å²) in [6, 6.07) is 3.56. The molecule has 1 aromatic carbocycles. The van der Waals surface area contributed by atoms with Crippen molar-refractivity contribution in [1.82, 2.24) is 9.78 Å². The number of carbonyl (C=O) groups is 1. The summed E-state index contributed by atoms with van der Waals surface area (Å²) in [4.78, 5) is 11.8. The van der Waals surface area contributed by atoms with Crippen LogP contribution in [0.25, 0.3) is 0 Å². The lowest BCUT2D eigenvalue weighted by atomic mass is 10.2. The molecule has 1 amide bonds. The van der Waals surface area contributed by atoms with Crippen LogP contribution in [-0.2, 0) is 17.1 Å². The van der Waals surface area contributed by atoms with Gasteiger partial charge in [-0.15, -0.1) is 0 Å². The van der Waals surface area contributed by atoms with E-state index in [1.54, 1.807) is 0 Å². The molecule has 0 aliphatic rings. The summed E-state index contributed by atoms with van der Waals surface area (Å²) in [7, 11) is -2.57. The predicted octanol–water partition coefficient (Wildman–Crippen LogP) is 1.22. The Morgan fingerprint density at radius 3 is 2.76 bits per heavy atom. The van der Waals surface area contributed by atoms with Crippen molar-refractivity contribution in [2.75, 3.05) is 5.32 Å². The standard InChI is InChI=1S/C11H10BrFN4O3S/c1-17-5-9(21(14,19)20)10(16-17)15-11(18)7-4-6(13)2-3-8(7)12/h2-5H,1H3,(H2,14,19,20)(H,15,16,18). The second-order valence-corrected chi connectivity index (χ2v) is 6.52. The Hall–Kier alpha value is -1.78. The van der Waals surface area contributed by atoms with E-state index in [0.29, 0.717) is 4.47 Å². The van der Waals surface area contributed by atoms with E-state index in [0.717, 1.165) is 12.3 Å². The van der Waals surface area contributed by atoms with Crippen molar-refractivity contribution >= 4 is 37.7 Å². The Morgan fingerprint density at radius 2 is 2.14 bits per heavy atom. The highest BCUT2D eigenvalue weighted by molar-refractivity contribution is 9.10. The molecule has 0 aliphatic carbocycles. The molecule has 0 aliphatic heterocycles. The average molecular weight is 377 g/mol. The largest absolute Gasteiger partial charge is 0.304 e. The number of sulfonamides is 1. The second-order valence-electron chi connectivity index (χ2n) is 4.14. The second kappa shape index (κ2) is 5.54. The molecule has 0 saturated heterocycles. The molecule has 0 atom stereocenters. The molecule has 21 heavy (non-hydrogen) atoms. The van der Waals surface area contributed by atoms with E-state index in [2.05, 4.69) is 26.3 Å². The summed E-state index contributed by atoms with van der Waals surface area (Å²) >= 11 is 3.11. The number of nitrogens with one attached hydrogen (secondary N) is 1. The van der Waals surface area contributed by atoms with Gasteiger partial charge in [0.2, 0.25) is 10.0 Å². The van der Waals surface area contributed by atoms with Crippen LogP contribution in [-0.4, -0.2) is 24.1 Å². The van der Waals surface area contributed by atoms with Crippen molar-refractivity contribution in [2.45, 2.75) is 4.90 Å². The molecular weight excluding hydrogens is 367 g/mol. The Morgan fingerprint density at radius 1 is 1.48 bits per heavy atom. The number of anilines is 1. The van der Waals surface area contributed by atoms with Crippen LogP contribution in [0.3, 0.4) is 0 Å². The van der Waals surface area contributed by atoms with E-state index in [1.165, 1.54) is 23.9 Å².